The number of aromatic nitrogens is 2. The number of nitrogens with zero attached hydrogens (tertiary/aromatic N) is 2. The molecule has 1 aromatic heterocycles. The molecule has 23 heavy (non-hydrogen) atoms. The maximum Gasteiger partial charge on any atom is 0.243 e. The largest absolute Gasteiger partial charge is 0.334 e. The number of hydrogen-bond acceptors (Lipinski definition) is 5. The summed E-state index contributed by atoms with van der Waals surface area (Å²) in [5.41, 5.74) is 1.07. The molecule has 0 aliphatic heterocycles. The van der Waals surface area contributed by atoms with Crippen molar-refractivity contribution in [3.05, 3.63) is 18.2 Å². The van der Waals surface area contributed by atoms with E-state index >= 15 is 0 Å². The minimum absolute atomic E-state index is 0.0143. The Kier molecular flexibility index (Phi) is 4.68. The van der Waals surface area contributed by atoms with Crippen molar-refractivity contribution in [3.63, 3.8) is 0 Å². The molecular weight excluding hydrogens is 332 g/mol. The fourth-order valence-electron chi connectivity index (χ4n) is 3.39. The van der Waals surface area contributed by atoms with Crippen LogP contribution in [0.15, 0.2) is 23.1 Å². The van der Waals surface area contributed by atoms with Crippen molar-refractivity contribution in [1.29, 1.82) is 0 Å². The van der Waals surface area contributed by atoms with Gasteiger partial charge in [-0.3, -0.25) is 0 Å². The highest BCUT2D eigenvalue weighted by molar-refractivity contribution is 7.89. The van der Waals surface area contributed by atoms with Gasteiger partial charge in [-0.2, -0.15) is 8.75 Å². The van der Waals surface area contributed by atoms with E-state index in [2.05, 4.69) is 27.6 Å². The van der Waals surface area contributed by atoms with Crippen molar-refractivity contribution >= 4 is 32.8 Å². The Labute approximate surface area is 141 Å². The van der Waals surface area contributed by atoms with Gasteiger partial charge in [-0.1, -0.05) is 12.5 Å². The van der Waals surface area contributed by atoms with Crippen molar-refractivity contribution in [2.45, 2.75) is 42.5 Å². The molecule has 1 aromatic carbocycles. The molecule has 3 rings (SSSR count). The number of sulfonamides is 1. The third-order valence-corrected chi connectivity index (χ3v) is 6.99. The van der Waals surface area contributed by atoms with E-state index in [1.165, 1.54) is 24.2 Å². The number of rotatable bonds is 5. The first kappa shape index (κ1) is 16.8. The molecule has 0 unspecified atom stereocenters. The summed E-state index contributed by atoms with van der Waals surface area (Å²) in [4.78, 5) is 1.54. The highest BCUT2D eigenvalue weighted by atomic mass is 32.2. The number of fused-ring (bicyclic) bond motifs is 1. The van der Waals surface area contributed by atoms with Crippen LogP contribution in [0.2, 0.25) is 0 Å². The molecule has 2 aromatic rings. The van der Waals surface area contributed by atoms with E-state index < -0.39 is 10.0 Å². The van der Waals surface area contributed by atoms with Crippen LogP contribution in [-0.2, 0) is 10.0 Å². The third-order valence-electron chi connectivity index (χ3n) is 5.01. The second kappa shape index (κ2) is 6.43. The van der Waals surface area contributed by atoms with Gasteiger partial charge in [-0.25, -0.2) is 13.1 Å². The predicted octanol–water partition coefficient (Wildman–Crippen LogP) is 0.817. The highest BCUT2D eigenvalue weighted by Crippen LogP contribution is 2.26. The van der Waals surface area contributed by atoms with Crippen molar-refractivity contribution in [1.82, 2.24) is 13.5 Å². The normalized spacial score (nSPS) is 18.6. The number of benzene rings is 1. The average Bonchev–Trinajstić information content (AvgIpc) is 3.02. The van der Waals surface area contributed by atoms with Gasteiger partial charge in [0.05, 0.1) is 32.4 Å². The lowest BCUT2D eigenvalue weighted by Crippen LogP contribution is -3.16. The lowest BCUT2D eigenvalue weighted by molar-refractivity contribution is -0.915. The monoisotopic (exact) mass is 355 g/mol. The Balaban J connectivity index is 1.85. The lowest BCUT2D eigenvalue weighted by Gasteiger charge is -2.39. The second-order valence-corrected chi connectivity index (χ2v) is 8.82. The number of nitrogens with one attached hydrogen (secondary N) is 2. The molecule has 8 heteroatoms. The predicted molar refractivity (Wildman–Crippen MR) is 91.2 cm³/mol. The number of hydrogen-bond donors (Lipinski definition) is 2. The zero-order valence-electron chi connectivity index (χ0n) is 13.5. The molecule has 0 radical (unpaired) electrons. The first-order valence-electron chi connectivity index (χ1n) is 7.96. The van der Waals surface area contributed by atoms with E-state index in [4.69, 9.17) is 0 Å². The Morgan fingerprint density at radius 1 is 1.22 bits per heavy atom. The molecule has 0 saturated heterocycles. The first-order valence-corrected chi connectivity index (χ1v) is 10.2. The summed E-state index contributed by atoms with van der Waals surface area (Å²) in [6.07, 6.45) is 5.68. The molecular formula is C15H23N4O2S2+. The topological polar surface area (TPSA) is 76.4 Å². The van der Waals surface area contributed by atoms with Crippen LogP contribution in [0.5, 0.6) is 0 Å². The summed E-state index contributed by atoms with van der Waals surface area (Å²) < 4.78 is 36.6. The fourth-order valence-corrected chi connectivity index (χ4v) is 5.28. The molecule has 6 nitrogen and oxygen atoms in total. The van der Waals surface area contributed by atoms with Crippen LogP contribution >= 0.6 is 11.7 Å². The Morgan fingerprint density at radius 2 is 1.96 bits per heavy atom. The van der Waals surface area contributed by atoms with Gasteiger partial charge >= 0.3 is 0 Å². The average molecular weight is 356 g/mol. The Bertz CT molecular complexity index is 780. The van der Waals surface area contributed by atoms with E-state index in [1.807, 2.05) is 0 Å². The molecule has 0 bridgehead atoms. The molecule has 1 aliphatic rings. The maximum atomic E-state index is 12.8. The van der Waals surface area contributed by atoms with Gasteiger partial charge < -0.3 is 4.90 Å². The summed E-state index contributed by atoms with van der Waals surface area (Å²) in [6, 6.07) is 5.10. The Morgan fingerprint density at radius 3 is 2.65 bits per heavy atom. The smallest absolute Gasteiger partial charge is 0.243 e. The van der Waals surface area contributed by atoms with Crippen LogP contribution < -0.4 is 9.62 Å². The van der Waals surface area contributed by atoms with Gasteiger partial charge in [-0.05, 0) is 25.0 Å². The second-order valence-electron chi connectivity index (χ2n) is 6.55. The third kappa shape index (κ3) is 3.26. The zero-order chi connectivity index (χ0) is 16.5. The minimum Gasteiger partial charge on any atom is -0.334 e. The van der Waals surface area contributed by atoms with Crippen LogP contribution in [0.3, 0.4) is 0 Å². The van der Waals surface area contributed by atoms with Gasteiger partial charge in [0.15, 0.2) is 0 Å². The van der Waals surface area contributed by atoms with Crippen LogP contribution in [0.25, 0.3) is 11.0 Å². The van der Waals surface area contributed by atoms with E-state index in [-0.39, 0.29) is 10.4 Å². The van der Waals surface area contributed by atoms with Crippen LogP contribution in [-0.4, -0.2) is 43.3 Å². The molecule has 1 saturated carbocycles. The molecule has 126 valence electrons. The van der Waals surface area contributed by atoms with Crippen LogP contribution in [0, 0.1) is 0 Å². The van der Waals surface area contributed by atoms with Crippen molar-refractivity contribution in [2.75, 3.05) is 20.6 Å². The van der Waals surface area contributed by atoms with E-state index in [1.54, 1.807) is 18.2 Å². The maximum absolute atomic E-state index is 12.8. The summed E-state index contributed by atoms with van der Waals surface area (Å²) in [7, 11) is 0.645. The molecule has 2 N–H and O–H groups in total. The summed E-state index contributed by atoms with van der Waals surface area (Å²) in [5, 5.41) is 0. The summed E-state index contributed by atoms with van der Waals surface area (Å²) in [6.45, 7) is 0.464. The summed E-state index contributed by atoms with van der Waals surface area (Å²) in [5.74, 6) is 0. The summed E-state index contributed by atoms with van der Waals surface area (Å²) >= 11 is 1.04. The molecule has 1 fully saturated rings. The van der Waals surface area contributed by atoms with E-state index in [9.17, 15) is 8.42 Å². The first-order chi connectivity index (χ1) is 10.9. The van der Waals surface area contributed by atoms with E-state index in [0.29, 0.717) is 17.6 Å². The minimum atomic E-state index is -3.59. The quantitative estimate of drug-likeness (QED) is 0.832. The van der Waals surface area contributed by atoms with Crippen molar-refractivity contribution in [3.8, 4) is 0 Å². The number of likely N-dealkylation sites (N-methyl/N-ethyl adjacent to an activating group) is 1. The molecule has 1 aliphatic carbocycles. The molecule has 0 atom stereocenters. The van der Waals surface area contributed by atoms with Crippen LogP contribution in [0.1, 0.15) is 32.1 Å². The highest BCUT2D eigenvalue weighted by Gasteiger charge is 2.39. The number of quaternary nitrogens is 1. The standard InChI is InChI=1S/C15H22N4O2S2/c1-19(2)15(9-4-3-5-10-15)11-16-23(20,21)13-8-6-7-12-14(13)18-22-17-12/h6-8,16H,3-5,9-11H2,1-2H3/p+1. The fraction of sp³-hybridized carbons (Fsp3) is 0.600. The SMILES string of the molecule is C[NH+](C)C1(CNS(=O)(=O)c2cccc3nsnc23)CCCCC1. The van der Waals surface area contributed by atoms with E-state index in [0.717, 1.165) is 24.6 Å². The van der Waals surface area contributed by atoms with Crippen molar-refractivity contribution < 1.29 is 13.3 Å². The van der Waals surface area contributed by atoms with Gasteiger partial charge in [-0.15, -0.1) is 0 Å². The Hall–Kier alpha value is -1.09. The van der Waals surface area contributed by atoms with Crippen molar-refractivity contribution in [2.24, 2.45) is 0 Å². The lowest BCUT2D eigenvalue weighted by atomic mass is 9.81. The zero-order valence-corrected chi connectivity index (χ0v) is 15.1. The van der Waals surface area contributed by atoms with Crippen LogP contribution in [0.4, 0.5) is 0 Å². The molecule has 0 amide bonds. The van der Waals surface area contributed by atoms with Gasteiger partial charge in [0.25, 0.3) is 0 Å². The molecule has 1 heterocycles. The molecule has 0 spiro atoms. The van der Waals surface area contributed by atoms with Gasteiger partial charge in [0.2, 0.25) is 10.0 Å². The van der Waals surface area contributed by atoms with Gasteiger partial charge in [0.1, 0.15) is 21.5 Å². The van der Waals surface area contributed by atoms with Gasteiger partial charge in [0, 0.05) is 12.8 Å².